The van der Waals surface area contributed by atoms with E-state index < -0.39 is 23.5 Å². The van der Waals surface area contributed by atoms with Crippen LogP contribution in [-0.2, 0) is 16.2 Å². The number of Topliss-reactive ketones (excluding diaryl/α,β-unsaturated/α-hetero) is 1. The Balaban J connectivity index is 1.68. The second-order valence-electron chi connectivity index (χ2n) is 9.59. The van der Waals surface area contributed by atoms with Crippen LogP contribution in [0.25, 0.3) is 5.76 Å². The topological polar surface area (TPSA) is 74.1 Å². The lowest BCUT2D eigenvalue weighted by atomic mass is 9.94. The standard InChI is InChI=1S/C30H31BrN2O4/c1-20-17-23(13-14-25(20)37-19-21-9-5-4-6-10-21)28(34)26-27(22-11-7-12-24(31)18-22)33(30(36)29(26)35)16-8-15-32(2)3/h4-7,9-14,17-18,27,34H,8,15-16,19H2,1-3H3/b28-26+. The number of hydrogen-bond acceptors (Lipinski definition) is 4. The highest BCUT2D eigenvalue weighted by Gasteiger charge is 2.44. The number of halogens is 1. The van der Waals surface area contributed by atoms with Crippen molar-refractivity contribution in [3.63, 3.8) is 0 Å². The van der Waals surface area contributed by atoms with Crippen LogP contribution in [0.5, 0.6) is 5.75 Å². The molecule has 0 aliphatic carbocycles. The average Bonchev–Trinajstić information content (AvgIpc) is 3.13. The fraction of sp³-hybridized carbons (Fsp3) is 0.267. The normalized spacial score (nSPS) is 17.0. The van der Waals surface area contributed by atoms with Gasteiger partial charge in [0.25, 0.3) is 5.91 Å². The van der Waals surface area contributed by atoms with E-state index in [2.05, 4.69) is 15.9 Å². The molecule has 7 heteroatoms. The van der Waals surface area contributed by atoms with Crippen LogP contribution in [0.4, 0.5) is 0 Å². The molecule has 4 rings (SSSR count). The third kappa shape index (κ3) is 6.12. The van der Waals surface area contributed by atoms with Crippen molar-refractivity contribution in [1.29, 1.82) is 0 Å². The van der Waals surface area contributed by atoms with E-state index in [0.29, 0.717) is 24.5 Å². The van der Waals surface area contributed by atoms with E-state index in [0.717, 1.165) is 34.1 Å². The van der Waals surface area contributed by atoms with Crippen molar-refractivity contribution < 1.29 is 24.3 Å². The number of amides is 1. The van der Waals surface area contributed by atoms with Crippen molar-refractivity contribution in [3.05, 3.63) is 105 Å². The molecule has 1 atom stereocenters. The zero-order chi connectivity index (χ0) is 26.5. The Morgan fingerprint density at radius 2 is 1.78 bits per heavy atom. The minimum Gasteiger partial charge on any atom is -0.872 e. The van der Waals surface area contributed by atoms with Gasteiger partial charge in [0.2, 0.25) is 5.78 Å². The van der Waals surface area contributed by atoms with Crippen LogP contribution in [0, 0.1) is 6.92 Å². The fourth-order valence-electron chi connectivity index (χ4n) is 4.57. The summed E-state index contributed by atoms with van der Waals surface area (Å²) in [5.74, 6) is -1.12. The molecule has 3 aromatic carbocycles. The van der Waals surface area contributed by atoms with Crippen LogP contribution in [0.15, 0.2) is 82.8 Å². The summed E-state index contributed by atoms with van der Waals surface area (Å²) in [5, 5.41) is 13.7. The first-order valence-corrected chi connectivity index (χ1v) is 13.1. The summed E-state index contributed by atoms with van der Waals surface area (Å²) in [7, 11) is 4.08. The number of ether oxygens (including phenoxy) is 1. The second kappa shape index (κ2) is 11.8. The van der Waals surface area contributed by atoms with Gasteiger partial charge in [-0.1, -0.05) is 70.2 Å². The van der Waals surface area contributed by atoms with Crippen LogP contribution >= 0.6 is 15.9 Å². The Bertz CT molecular complexity index is 1320. The van der Waals surface area contributed by atoms with E-state index in [-0.39, 0.29) is 5.57 Å². The van der Waals surface area contributed by atoms with Crippen LogP contribution in [-0.4, -0.2) is 43.8 Å². The van der Waals surface area contributed by atoms with Gasteiger partial charge in [-0.15, -0.1) is 0 Å². The van der Waals surface area contributed by atoms with Crippen LogP contribution in [0.1, 0.15) is 34.7 Å². The number of hydrogen-bond donors (Lipinski definition) is 1. The molecular weight excluding hydrogens is 532 g/mol. The summed E-state index contributed by atoms with van der Waals surface area (Å²) in [6.07, 6.45) is 0.722. The lowest BCUT2D eigenvalue weighted by Gasteiger charge is -2.28. The molecule has 0 saturated carbocycles. The van der Waals surface area contributed by atoms with Gasteiger partial charge in [-0.3, -0.25) is 9.59 Å². The van der Waals surface area contributed by atoms with Crippen molar-refractivity contribution in [2.75, 3.05) is 27.2 Å². The van der Waals surface area contributed by atoms with E-state index in [1.54, 1.807) is 23.1 Å². The molecule has 1 fully saturated rings. The van der Waals surface area contributed by atoms with Gasteiger partial charge in [-0.2, -0.15) is 0 Å². The van der Waals surface area contributed by atoms with Crippen molar-refractivity contribution >= 4 is 33.4 Å². The summed E-state index contributed by atoms with van der Waals surface area (Å²) in [4.78, 5) is 29.1. The average molecular weight is 563 g/mol. The number of carbonyl (C=O) groups is 2. The molecule has 1 aliphatic rings. The zero-order valence-corrected chi connectivity index (χ0v) is 22.9. The predicted octanol–water partition coefficient (Wildman–Crippen LogP) is 3.10. The van der Waals surface area contributed by atoms with Crippen LogP contribution < -0.4 is 14.7 Å². The third-order valence-corrected chi connectivity index (χ3v) is 6.94. The van der Waals surface area contributed by atoms with Gasteiger partial charge in [0.1, 0.15) is 12.4 Å². The largest absolute Gasteiger partial charge is 0.872 e. The quantitative estimate of drug-likeness (QED) is 0.247. The van der Waals surface area contributed by atoms with Crippen molar-refractivity contribution in [2.45, 2.75) is 26.0 Å². The van der Waals surface area contributed by atoms with Gasteiger partial charge in [0.15, 0.2) is 0 Å². The Morgan fingerprint density at radius 3 is 2.46 bits per heavy atom. The molecule has 0 radical (unpaired) electrons. The third-order valence-electron chi connectivity index (χ3n) is 6.44. The van der Waals surface area contributed by atoms with Crippen molar-refractivity contribution in [2.24, 2.45) is 0 Å². The van der Waals surface area contributed by atoms with E-state index in [9.17, 15) is 14.7 Å². The predicted molar refractivity (Wildman–Crippen MR) is 145 cm³/mol. The Hall–Kier alpha value is -3.42. The first-order chi connectivity index (χ1) is 17.8. The molecule has 0 bridgehead atoms. The number of nitrogens with zero attached hydrogens (tertiary/aromatic N) is 1. The van der Waals surface area contributed by atoms with E-state index in [1.807, 2.05) is 75.6 Å². The minimum absolute atomic E-state index is 0.00217. The molecule has 0 spiro atoms. The number of rotatable bonds is 9. The molecule has 3 aromatic rings. The second-order valence-corrected chi connectivity index (χ2v) is 10.5. The van der Waals surface area contributed by atoms with E-state index >= 15 is 0 Å². The highest BCUT2D eigenvalue weighted by atomic mass is 79.9. The number of quaternary nitrogens is 1. The molecule has 1 amide bonds. The highest BCUT2D eigenvalue weighted by Crippen LogP contribution is 2.39. The summed E-state index contributed by atoms with van der Waals surface area (Å²) in [6.45, 7) is 3.52. The van der Waals surface area contributed by atoms with Crippen molar-refractivity contribution in [3.8, 4) is 5.75 Å². The van der Waals surface area contributed by atoms with E-state index in [4.69, 9.17) is 4.74 Å². The minimum atomic E-state index is -0.728. The summed E-state index contributed by atoms with van der Waals surface area (Å²) in [6, 6.07) is 21.7. The Kier molecular flexibility index (Phi) is 8.46. The summed E-state index contributed by atoms with van der Waals surface area (Å²) in [5.41, 5.74) is 2.91. The van der Waals surface area contributed by atoms with Crippen molar-refractivity contribution in [1.82, 2.24) is 4.90 Å². The van der Waals surface area contributed by atoms with Gasteiger partial charge >= 0.3 is 0 Å². The lowest BCUT2D eigenvalue weighted by molar-refractivity contribution is -0.858. The molecule has 0 aromatic heterocycles. The number of nitrogens with one attached hydrogen (secondary N) is 1. The molecule has 1 saturated heterocycles. The number of benzene rings is 3. The monoisotopic (exact) mass is 562 g/mol. The van der Waals surface area contributed by atoms with Gasteiger partial charge in [0, 0.05) is 23.0 Å². The molecular formula is C30H31BrN2O4. The SMILES string of the molecule is Cc1cc(/C([O-])=C2\C(=O)C(=O)N(CCC[NH+](C)C)C2c2cccc(Br)c2)ccc1OCc1ccccc1. The van der Waals surface area contributed by atoms with Gasteiger partial charge in [-0.25, -0.2) is 0 Å². The maximum atomic E-state index is 13.7. The maximum Gasteiger partial charge on any atom is 0.295 e. The molecule has 1 N–H and O–H groups in total. The zero-order valence-electron chi connectivity index (χ0n) is 21.3. The Morgan fingerprint density at radius 1 is 1.03 bits per heavy atom. The number of ketones is 1. The summed E-state index contributed by atoms with van der Waals surface area (Å²) >= 11 is 3.48. The maximum absolute atomic E-state index is 13.7. The summed E-state index contributed by atoms with van der Waals surface area (Å²) < 4.78 is 6.77. The molecule has 1 unspecified atom stereocenters. The van der Waals surface area contributed by atoms with Crippen LogP contribution in [0.3, 0.4) is 0 Å². The number of likely N-dealkylation sites (tertiary alicyclic amines) is 1. The van der Waals surface area contributed by atoms with Gasteiger partial charge < -0.3 is 19.6 Å². The highest BCUT2D eigenvalue weighted by molar-refractivity contribution is 9.10. The fourth-order valence-corrected chi connectivity index (χ4v) is 4.99. The number of aryl methyl sites for hydroxylation is 1. The lowest BCUT2D eigenvalue weighted by Crippen LogP contribution is -3.05. The Labute approximate surface area is 226 Å². The first-order valence-electron chi connectivity index (χ1n) is 12.3. The molecule has 1 heterocycles. The van der Waals surface area contributed by atoms with Crippen LogP contribution in [0.2, 0.25) is 0 Å². The smallest absolute Gasteiger partial charge is 0.295 e. The first kappa shape index (κ1) is 26.6. The molecule has 6 nitrogen and oxygen atoms in total. The molecule has 37 heavy (non-hydrogen) atoms. The molecule has 192 valence electrons. The molecule has 1 aliphatic heterocycles. The van der Waals surface area contributed by atoms with E-state index in [1.165, 1.54) is 4.90 Å². The van der Waals surface area contributed by atoms with Gasteiger partial charge in [-0.05, 0) is 53.4 Å². The number of carbonyl (C=O) groups excluding carboxylic acids is 2. The van der Waals surface area contributed by atoms with Gasteiger partial charge in [0.05, 0.1) is 26.7 Å².